The van der Waals surface area contributed by atoms with E-state index in [0.717, 1.165) is 11.1 Å². The normalized spacial score (nSPS) is 12.9. The molecule has 2 aromatic carbocycles. The minimum absolute atomic E-state index is 0.0294. The third-order valence-corrected chi connectivity index (χ3v) is 4.13. The van der Waals surface area contributed by atoms with E-state index in [-0.39, 0.29) is 28.8 Å². The molecule has 0 radical (unpaired) electrons. The van der Waals surface area contributed by atoms with E-state index in [2.05, 4.69) is 0 Å². The van der Waals surface area contributed by atoms with Gasteiger partial charge in [-0.2, -0.15) is 0 Å². The van der Waals surface area contributed by atoms with Gasteiger partial charge in [-0.1, -0.05) is 54.1 Å². The molecule has 2 N–H and O–H groups in total. The number of ketones is 2. The summed E-state index contributed by atoms with van der Waals surface area (Å²) >= 11 is 0. The van der Waals surface area contributed by atoms with Gasteiger partial charge < -0.3 is 10.2 Å². The minimum Gasteiger partial charge on any atom is -0.436 e. The SMILES string of the molecule is Cc1ccc(-c2c(N)oc3c2C(=O)c2ccccc2C3=O)cc1. The highest BCUT2D eigenvalue weighted by atomic mass is 16.4. The predicted molar refractivity (Wildman–Crippen MR) is 86.6 cm³/mol. The second kappa shape index (κ2) is 4.68. The summed E-state index contributed by atoms with van der Waals surface area (Å²) in [5, 5.41) is 0. The highest BCUT2D eigenvalue weighted by Crippen LogP contribution is 2.40. The van der Waals surface area contributed by atoms with Gasteiger partial charge in [0, 0.05) is 11.1 Å². The van der Waals surface area contributed by atoms with Gasteiger partial charge >= 0.3 is 0 Å². The van der Waals surface area contributed by atoms with Crippen LogP contribution in [0.2, 0.25) is 0 Å². The molecule has 1 aromatic heterocycles. The Balaban J connectivity index is 2.00. The van der Waals surface area contributed by atoms with Crippen molar-refractivity contribution in [1.29, 1.82) is 0 Å². The van der Waals surface area contributed by atoms with Crippen LogP contribution >= 0.6 is 0 Å². The van der Waals surface area contributed by atoms with Crippen molar-refractivity contribution in [3.05, 3.63) is 76.5 Å². The Morgan fingerprint density at radius 3 is 2.09 bits per heavy atom. The monoisotopic (exact) mass is 303 g/mol. The van der Waals surface area contributed by atoms with E-state index < -0.39 is 0 Å². The highest BCUT2D eigenvalue weighted by Gasteiger charge is 2.36. The molecule has 0 atom stereocenters. The first-order chi connectivity index (χ1) is 11.1. The van der Waals surface area contributed by atoms with E-state index in [4.69, 9.17) is 10.2 Å². The summed E-state index contributed by atoms with van der Waals surface area (Å²) in [6.07, 6.45) is 0. The Hall–Kier alpha value is -3.14. The number of carbonyl (C=O) groups is 2. The van der Waals surface area contributed by atoms with E-state index in [1.165, 1.54) is 0 Å². The van der Waals surface area contributed by atoms with Crippen molar-refractivity contribution in [2.24, 2.45) is 0 Å². The van der Waals surface area contributed by atoms with Crippen LogP contribution in [0.15, 0.2) is 52.9 Å². The number of hydrogen-bond donors (Lipinski definition) is 1. The number of furan rings is 1. The van der Waals surface area contributed by atoms with Gasteiger partial charge in [-0.25, -0.2) is 0 Å². The van der Waals surface area contributed by atoms with Crippen molar-refractivity contribution in [3.63, 3.8) is 0 Å². The average Bonchev–Trinajstić information content (AvgIpc) is 2.91. The smallest absolute Gasteiger partial charge is 0.229 e. The Morgan fingerprint density at radius 2 is 1.43 bits per heavy atom. The van der Waals surface area contributed by atoms with Gasteiger partial charge in [-0.05, 0) is 12.5 Å². The van der Waals surface area contributed by atoms with Crippen molar-refractivity contribution in [1.82, 2.24) is 0 Å². The Bertz CT molecular complexity index is 965. The third kappa shape index (κ3) is 1.85. The van der Waals surface area contributed by atoms with Gasteiger partial charge in [0.25, 0.3) is 0 Å². The average molecular weight is 303 g/mol. The predicted octanol–water partition coefficient (Wildman–Crippen LogP) is 3.61. The summed E-state index contributed by atoms with van der Waals surface area (Å²) in [5.41, 5.74) is 9.33. The van der Waals surface area contributed by atoms with Crippen molar-refractivity contribution < 1.29 is 14.0 Å². The molecule has 1 heterocycles. The van der Waals surface area contributed by atoms with Crippen LogP contribution in [0.5, 0.6) is 0 Å². The number of benzene rings is 2. The molecule has 4 rings (SSSR count). The van der Waals surface area contributed by atoms with E-state index >= 15 is 0 Å². The van der Waals surface area contributed by atoms with Crippen LogP contribution in [0, 0.1) is 6.92 Å². The molecule has 4 heteroatoms. The lowest BCUT2D eigenvalue weighted by atomic mass is 9.85. The minimum atomic E-state index is -0.305. The van der Waals surface area contributed by atoms with Crippen molar-refractivity contribution in [2.45, 2.75) is 6.92 Å². The van der Waals surface area contributed by atoms with Crippen molar-refractivity contribution in [3.8, 4) is 11.1 Å². The highest BCUT2D eigenvalue weighted by molar-refractivity contribution is 6.30. The van der Waals surface area contributed by atoms with Crippen LogP contribution in [-0.4, -0.2) is 11.6 Å². The number of hydrogen-bond acceptors (Lipinski definition) is 4. The second-order valence-corrected chi connectivity index (χ2v) is 5.62. The summed E-state index contributed by atoms with van der Waals surface area (Å²) in [4.78, 5) is 25.5. The maximum Gasteiger partial charge on any atom is 0.229 e. The molecule has 3 aromatic rings. The Morgan fingerprint density at radius 1 is 0.826 bits per heavy atom. The fourth-order valence-electron chi connectivity index (χ4n) is 2.97. The zero-order valence-electron chi connectivity index (χ0n) is 12.4. The number of fused-ring (bicyclic) bond motifs is 2. The molecule has 0 amide bonds. The van der Waals surface area contributed by atoms with Crippen LogP contribution in [0.4, 0.5) is 5.88 Å². The fourth-order valence-corrected chi connectivity index (χ4v) is 2.97. The van der Waals surface area contributed by atoms with Gasteiger partial charge in [0.2, 0.25) is 5.78 Å². The molecule has 112 valence electrons. The molecular formula is C19H13NO3. The molecule has 0 bridgehead atoms. The van der Waals surface area contributed by atoms with Crippen molar-refractivity contribution >= 4 is 17.5 Å². The third-order valence-electron chi connectivity index (χ3n) is 4.13. The maximum absolute atomic E-state index is 12.9. The van der Waals surface area contributed by atoms with Crippen LogP contribution in [-0.2, 0) is 0 Å². The molecule has 0 aliphatic heterocycles. The quantitative estimate of drug-likeness (QED) is 0.583. The van der Waals surface area contributed by atoms with E-state index in [1.807, 2.05) is 31.2 Å². The molecule has 0 unspecified atom stereocenters. The standard InChI is InChI=1S/C19H13NO3/c1-10-6-8-11(9-7-10)14-15-16(21)12-4-2-3-5-13(12)17(22)18(15)23-19(14)20/h2-9H,20H2,1H3. The molecule has 0 spiro atoms. The van der Waals surface area contributed by atoms with E-state index in [1.54, 1.807) is 24.3 Å². The number of aryl methyl sites for hydroxylation is 1. The number of nitrogen functional groups attached to an aromatic ring is 1. The molecule has 4 nitrogen and oxygen atoms in total. The summed E-state index contributed by atoms with van der Waals surface area (Å²) in [5.74, 6) is -0.415. The zero-order chi connectivity index (χ0) is 16.1. The zero-order valence-corrected chi connectivity index (χ0v) is 12.4. The van der Waals surface area contributed by atoms with E-state index in [9.17, 15) is 9.59 Å². The van der Waals surface area contributed by atoms with Gasteiger partial charge in [0.15, 0.2) is 17.4 Å². The molecule has 0 saturated heterocycles. The molecule has 1 aliphatic carbocycles. The van der Waals surface area contributed by atoms with Gasteiger partial charge in [0.05, 0.1) is 11.1 Å². The lowest BCUT2D eigenvalue weighted by molar-refractivity contribution is 0.0961. The molecule has 1 aliphatic rings. The molecule has 0 fully saturated rings. The van der Waals surface area contributed by atoms with E-state index in [0.29, 0.717) is 16.7 Å². The Kier molecular flexibility index (Phi) is 2.75. The number of rotatable bonds is 1. The summed E-state index contributed by atoms with van der Waals surface area (Å²) < 4.78 is 5.47. The summed E-state index contributed by atoms with van der Waals surface area (Å²) in [6.45, 7) is 1.98. The molecule has 0 saturated carbocycles. The second-order valence-electron chi connectivity index (χ2n) is 5.62. The van der Waals surface area contributed by atoms with Gasteiger partial charge in [-0.3, -0.25) is 9.59 Å². The van der Waals surface area contributed by atoms with Gasteiger partial charge in [0.1, 0.15) is 0 Å². The number of nitrogens with two attached hydrogens (primary N) is 1. The lowest BCUT2D eigenvalue weighted by Gasteiger charge is -2.13. The summed E-state index contributed by atoms with van der Waals surface area (Å²) in [6, 6.07) is 14.3. The first kappa shape index (κ1) is 13.5. The first-order valence-corrected chi connectivity index (χ1v) is 7.25. The summed E-state index contributed by atoms with van der Waals surface area (Å²) in [7, 11) is 0. The van der Waals surface area contributed by atoms with Crippen LogP contribution in [0.1, 0.15) is 37.6 Å². The van der Waals surface area contributed by atoms with Crippen LogP contribution in [0.3, 0.4) is 0 Å². The lowest BCUT2D eigenvalue weighted by Crippen LogP contribution is -2.19. The molecular weight excluding hydrogens is 290 g/mol. The van der Waals surface area contributed by atoms with Crippen molar-refractivity contribution in [2.75, 3.05) is 5.73 Å². The fraction of sp³-hybridized carbons (Fsp3) is 0.0526. The van der Waals surface area contributed by atoms with Crippen LogP contribution in [0.25, 0.3) is 11.1 Å². The first-order valence-electron chi connectivity index (χ1n) is 7.25. The Labute approximate surface area is 132 Å². The number of carbonyl (C=O) groups excluding carboxylic acids is 2. The van der Waals surface area contributed by atoms with Crippen LogP contribution < -0.4 is 5.73 Å². The van der Waals surface area contributed by atoms with Gasteiger partial charge in [-0.15, -0.1) is 0 Å². The molecule has 23 heavy (non-hydrogen) atoms. The largest absolute Gasteiger partial charge is 0.436 e. The number of anilines is 1. The maximum atomic E-state index is 12.9. The topological polar surface area (TPSA) is 73.3 Å².